The maximum atomic E-state index is 5.59. The molecule has 0 spiro atoms. The zero-order valence-corrected chi connectivity index (χ0v) is 10.7. The molecule has 14 heavy (non-hydrogen) atoms. The molecule has 0 heterocycles. The molecule has 78 valence electrons. The van der Waals surface area contributed by atoms with E-state index in [4.69, 9.17) is 5.73 Å². The van der Waals surface area contributed by atoms with Gasteiger partial charge in [-0.1, -0.05) is 28.9 Å². The Morgan fingerprint density at radius 1 is 1.36 bits per heavy atom. The van der Waals surface area contributed by atoms with Crippen molar-refractivity contribution in [1.82, 2.24) is 0 Å². The van der Waals surface area contributed by atoms with Crippen LogP contribution in [-0.2, 0) is 0 Å². The van der Waals surface area contributed by atoms with Gasteiger partial charge < -0.3 is 5.73 Å². The van der Waals surface area contributed by atoms with E-state index in [2.05, 4.69) is 48.8 Å². The maximum Gasteiger partial charge on any atom is 0.0207 e. The number of hydrogen-bond donors (Lipinski definition) is 1. The summed E-state index contributed by atoms with van der Waals surface area (Å²) in [5.41, 5.74) is 9.76. The molecule has 0 saturated carbocycles. The number of halogens is 1. The number of hydrogen-bond acceptors (Lipinski definition) is 1. The summed E-state index contributed by atoms with van der Waals surface area (Å²) >= 11 is 3.57. The summed E-state index contributed by atoms with van der Waals surface area (Å²) in [6, 6.07) is 4.28. The normalized spacial score (nSPS) is 12.9. The Hall–Kier alpha value is -0.340. The molecule has 1 aromatic carbocycles. The van der Waals surface area contributed by atoms with Gasteiger partial charge in [0.1, 0.15) is 0 Å². The molecule has 0 radical (unpaired) electrons. The van der Waals surface area contributed by atoms with E-state index in [1.807, 2.05) is 0 Å². The van der Waals surface area contributed by atoms with Gasteiger partial charge in [0.15, 0.2) is 0 Å². The molecule has 0 saturated heterocycles. The van der Waals surface area contributed by atoms with Crippen molar-refractivity contribution in [1.29, 1.82) is 0 Å². The van der Waals surface area contributed by atoms with E-state index in [1.165, 1.54) is 21.2 Å². The van der Waals surface area contributed by atoms with Crippen LogP contribution in [0.1, 0.15) is 36.0 Å². The van der Waals surface area contributed by atoms with Crippen LogP contribution >= 0.6 is 15.9 Å². The topological polar surface area (TPSA) is 26.0 Å². The highest BCUT2D eigenvalue weighted by molar-refractivity contribution is 9.10. The molecule has 0 bridgehead atoms. The minimum absolute atomic E-state index is 0.553. The van der Waals surface area contributed by atoms with E-state index in [1.54, 1.807) is 0 Å². The Labute approximate surface area is 94.8 Å². The average molecular weight is 256 g/mol. The van der Waals surface area contributed by atoms with E-state index in [-0.39, 0.29) is 0 Å². The van der Waals surface area contributed by atoms with E-state index in [0.29, 0.717) is 5.92 Å². The highest BCUT2D eigenvalue weighted by Gasteiger charge is 2.12. The molecule has 1 aromatic rings. The van der Waals surface area contributed by atoms with Crippen molar-refractivity contribution < 1.29 is 0 Å². The predicted octanol–water partition coefficient (Wildman–Crippen LogP) is 3.52. The summed E-state index contributed by atoms with van der Waals surface area (Å²) in [5, 5.41) is 0. The van der Waals surface area contributed by atoms with Crippen LogP contribution in [0.2, 0.25) is 0 Å². The lowest BCUT2D eigenvalue weighted by molar-refractivity contribution is 0.681. The number of aryl methyl sites for hydroxylation is 1. The Bertz CT molecular complexity index is 320. The van der Waals surface area contributed by atoms with Gasteiger partial charge in [-0.25, -0.2) is 0 Å². The molecule has 0 fully saturated rings. The molecule has 2 heteroatoms. The van der Waals surface area contributed by atoms with E-state index in [9.17, 15) is 0 Å². The molecule has 1 nitrogen and oxygen atoms in total. The second-order valence-corrected chi connectivity index (χ2v) is 4.74. The van der Waals surface area contributed by atoms with Gasteiger partial charge in [-0.05, 0) is 55.5 Å². The summed E-state index contributed by atoms with van der Waals surface area (Å²) in [5.74, 6) is 0.553. The summed E-state index contributed by atoms with van der Waals surface area (Å²) in [6.45, 7) is 7.34. The fraction of sp³-hybridized carbons (Fsp3) is 0.500. The highest BCUT2D eigenvalue weighted by atomic mass is 79.9. The van der Waals surface area contributed by atoms with Crippen LogP contribution in [0.15, 0.2) is 16.6 Å². The molecule has 1 unspecified atom stereocenters. The van der Waals surface area contributed by atoms with Gasteiger partial charge >= 0.3 is 0 Å². The lowest BCUT2D eigenvalue weighted by atomic mass is 9.90. The van der Waals surface area contributed by atoms with Crippen molar-refractivity contribution in [3.63, 3.8) is 0 Å². The molecule has 0 amide bonds. The van der Waals surface area contributed by atoms with Gasteiger partial charge in [0.05, 0.1) is 0 Å². The van der Waals surface area contributed by atoms with Crippen molar-refractivity contribution in [2.45, 2.75) is 33.1 Å². The number of benzene rings is 1. The fourth-order valence-corrected chi connectivity index (χ4v) is 2.34. The number of rotatable bonds is 3. The molecule has 2 N–H and O–H groups in total. The van der Waals surface area contributed by atoms with Gasteiger partial charge in [-0.3, -0.25) is 0 Å². The first-order chi connectivity index (χ1) is 6.57. The summed E-state index contributed by atoms with van der Waals surface area (Å²) in [4.78, 5) is 0. The Kier molecular flexibility index (Phi) is 4.14. The van der Waals surface area contributed by atoms with Crippen LogP contribution in [0.5, 0.6) is 0 Å². The smallest absolute Gasteiger partial charge is 0.0207 e. The Morgan fingerprint density at radius 3 is 2.57 bits per heavy atom. The van der Waals surface area contributed by atoms with Crippen LogP contribution < -0.4 is 5.73 Å². The quantitative estimate of drug-likeness (QED) is 0.879. The molecule has 0 aliphatic rings. The third kappa shape index (κ3) is 2.37. The summed E-state index contributed by atoms with van der Waals surface area (Å²) in [6.07, 6.45) is 1.05. The fourth-order valence-electron chi connectivity index (χ4n) is 1.99. The molecule has 1 atom stereocenters. The molecular formula is C12H18BrN. The van der Waals surface area contributed by atoms with E-state index in [0.717, 1.165) is 13.0 Å². The summed E-state index contributed by atoms with van der Waals surface area (Å²) < 4.78 is 1.20. The second kappa shape index (κ2) is 4.94. The summed E-state index contributed by atoms with van der Waals surface area (Å²) in [7, 11) is 0. The van der Waals surface area contributed by atoms with Gasteiger partial charge in [-0.2, -0.15) is 0 Å². The van der Waals surface area contributed by atoms with Crippen LogP contribution in [0.25, 0.3) is 0 Å². The maximum absolute atomic E-state index is 5.59. The minimum Gasteiger partial charge on any atom is -0.330 e. The van der Waals surface area contributed by atoms with Gasteiger partial charge in [0.2, 0.25) is 0 Å². The van der Waals surface area contributed by atoms with Gasteiger partial charge in [0.25, 0.3) is 0 Å². The largest absolute Gasteiger partial charge is 0.330 e. The first kappa shape index (κ1) is 11.7. The Morgan fingerprint density at radius 2 is 2.00 bits per heavy atom. The molecular weight excluding hydrogens is 238 g/mol. The van der Waals surface area contributed by atoms with Gasteiger partial charge in [0, 0.05) is 4.47 Å². The van der Waals surface area contributed by atoms with Gasteiger partial charge in [-0.15, -0.1) is 0 Å². The SMILES string of the molecule is Cc1ccc(Br)c(C)c1C(C)CCN. The molecule has 0 aliphatic heterocycles. The average Bonchev–Trinajstić information content (AvgIpc) is 2.13. The third-order valence-corrected chi connectivity index (χ3v) is 3.62. The minimum atomic E-state index is 0.553. The molecule has 0 aliphatic carbocycles. The zero-order chi connectivity index (χ0) is 10.7. The standard InChI is InChI=1S/C12H18BrN/c1-8-4-5-11(13)10(3)12(8)9(2)6-7-14/h4-5,9H,6-7,14H2,1-3H3. The van der Waals surface area contributed by atoms with E-state index >= 15 is 0 Å². The lowest BCUT2D eigenvalue weighted by Gasteiger charge is -2.17. The van der Waals surface area contributed by atoms with Crippen LogP contribution in [0.4, 0.5) is 0 Å². The van der Waals surface area contributed by atoms with Crippen molar-refractivity contribution in [3.05, 3.63) is 33.3 Å². The van der Waals surface area contributed by atoms with Crippen LogP contribution in [0.3, 0.4) is 0 Å². The third-order valence-electron chi connectivity index (χ3n) is 2.76. The molecule has 1 rings (SSSR count). The predicted molar refractivity (Wildman–Crippen MR) is 65.7 cm³/mol. The van der Waals surface area contributed by atoms with Crippen LogP contribution in [-0.4, -0.2) is 6.54 Å². The van der Waals surface area contributed by atoms with Crippen molar-refractivity contribution >= 4 is 15.9 Å². The van der Waals surface area contributed by atoms with Crippen molar-refractivity contribution in [2.24, 2.45) is 5.73 Å². The molecule has 0 aromatic heterocycles. The van der Waals surface area contributed by atoms with E-state index < -0.39 is 0 Å². The highest BCUT2D eigenvalue weighted by Crippen LogP contribution is 2.30. The lowest BCUT2D eigenvalue weighted by Crippen LogP contribution is -2.07. The first-order valence-electron chi connectivity index (χ1n) is 5.03. The first-order valence-corrected chi connectivity index (χ1v) is 5.83. The van der Waals surface area contributed by atoms with Crippen molar-refractivity contribution in [2.75, 3.05) is 6.54 Å². The number of nitrogens with two attached hydrogens (primary N) is 1. The monoisotopic (exact) mass is 255 g/mol. The zero-order valence-electron chi connectivity index (χ0n) is 9.10. The second-order valence-electron chi connectivity index (χ2n) is 3.88. The van der Waals surface area contributed by atoms with Crippen LogP contribution in [0, 0.1) is 13.8 Å². The van der Waals surface area contributed by atoms with Crippen molar-refractivity contribution in [3.8, 4) is 0 Å². The Balaban J connectivity index is 3.11.